The van der Waals surface area contributed by atoms with Crippen LogP contribution in [0.25, 0.3) is 10.9 Å². The molecule has 2 aromatic heterocycles. The molecule has 0 saturated heterocycles. The molecule has 2 heterocycles. The normalized spacial score (nSPS) is 16.5. The van der Waals surface area contributed by atoms with Crippen LogP contribution in [0.5, 0.6) is 11.8 Å². The maximum absolute atomic E-state index is 5.24. The lowest BCUT2D eigenvalue weighted by Crippen LogP contribution is -2.18. The minimum Gasteiger partial charge on any atom is -0.481 e. The second-order valence-electron chi connectivity index (χ2n) is 6.43. The number of aromatic amines is 1. The quantitative estimate of drug-likeness (QED) is 0.757. The number of hydrogen-bond acceptors (Lipinski definition) is 5. The average Bonchev–Trinajstić information content (AvgIpc) is 3.00. The number of ether oxygens (including phenoxy) is 2. The van der Waals surface area contributed by atoms with E-state index >= 15 is 0 Å². The van der Waals surface area contributed by atoms with Gasteiger partial charge in [0.15, 0.2) is 0 Å². The van der Waals surface area contributed by atoms with E-state index in [4.69, 9.17) is 9.47 Å². The Kier molecular flexibility index (Phi) is 3.95. The van der Waals surface area contributed by atoms with Crippen LogP contribution in [0.3, 0.4) is 0 Å². The van der Waals surface area contributed by atoms with Crippen molar-refractivity contribution in [2.45, 2.75) is 32.2 Å². The van der Waals surface area contributed by atoms with Crippen molar-refractivity contribution in [1.82, 2.24) is 15.0 Å². The molecule has 0 radical (unpaired) electrons. The van der Waals surface area contributed by atoms with Gasteiger partial charge in [-0.15, -0.1) is 0 Å². The Balaban J connectivity index is 1.71. The van der Waals surface area contributed by atoms with E-state index in [-0.39, 0.29) is 6.04 Å². The largest absolute Gasteiger partial charge is 0.481 e. The monoisotopic (exact) mass is 338 g/mol. The molecule has 130 valence electrons. The lowest BCUT2D eigenvalue weighted by atomic mass is 9.91. The number of benzene rings is 1. The molecule has 25 heavy (non-hydrogen) atoms. The van der Waals surface area contributed by atoms with E-state index in [1.165, 1.54) is 27.7 Å². The molecule has 1 aromatic carbocycles. The zero-order valence-corrected chi connectivity index (χ0v) is 14.7. The van der Waals surface area contributed by atoms with E-state index in [9.17, 15) is 0 Å². The summed E-state index contributed by atoms with van der Waals surface area (Å²) < 4.78 is 10.5. The Morgan fingerprint density at radius 3 is 2.60 bits per heavy atom. The number of H-pyrrole nitrogens is 1. The van der Waals surface area contributed by atoms with Crippen LogP contribution >= 0.6 is 0 Å². The Hall–Kier alpha value is -2.76. The van der Waals surface area contributed by atoms with Crippen molar-refractivity contribution in [3.05, 3.63) is 41.1 Å². The fourth-order valence-corrected chi connectivity index (χ4v) is 3.55. The minimum absolute atomic E-state index is 0.147. The summed E-state index contributed by atoms with van der Waals surface area (Å²) in [4.78, 5) is 12.4. The number of anilines is 1. The van der Waals surface area contributed by atoms with Crippen molar-refractivity contribution in [3.63, 3.8) is 0 Å². The summed E-state index contributed by atoms with van der Waals surface area (Å²) in [5, 5.41) is 4.77. The summed E-state index contributed by atoms with van der Waals surface area (Å²) in [5.41, 5.74) is 5.10. The van der Waals surface area contributed by atoms with Crippen LogP contribution in [0.1, 0.15) is 35.7 Å². The summed E-state index contributed by atoms with van der Waals surface area (Å²) in [7, 11) is 3.18. The van der Waals surface area contributed by atoms with Gasteiger partial charge < -0.3 is 19.8 Å². The molecule has 1 aliphatic carbocycles. The van der Waals surface area contributed by atoms with Crippen LogP contribution < -0.4 is 14.8 Å². The van der Waals surface area contributed by atoms with Gasteiger partial charge in [0.25, 0.3) is 0 Å². The molecule has 1 atom stereocenters. The Labute approximate surface area is 146 Å². The zero-order valence-electron chi connectivity index (χ0n) is 14.7. The number of nitrogens with one attached hydrogen (secondary N) is 2. The molecule has 2 N–H and O–H groups in total. The lowest BCUT2D eigenvalue weighted by Gasteiger charge is -2.24. The Morgan fingerprint density at radius 2 is 1.88 bits per heavy atom. The van der Waals surface area contributed by atoms with E-state index < -0.39 is 0 Å². The van der Waals surface area contributed by atoms with Crippen LogP contribution in [0, 0.1) is 6.92 Å². The number of hydrogen-bond donors (Lipinski definition) is 2. The highest BCUT2D eigenvalue weighted by molar-refractivity contribution is 5.86. The summed E-state index contributed by atoms with van der Waals surface area (Å²) in [6.07, 6.45) is 3.26. The van der Waals surface area contributed by atoms with Crippen LogP contribution in [-0.2, 0) is 6.42 Å². The van der Waals surface area contributed by atoms with Gasteiger partial charge >= 0.3 is 0 Å². The smallest absolute Gasteiger partial charge is 0.229 e. The molecule has 0 fully saturated rings. The number of aromatic nitrogens is 3. The van der Waals surface area contributed by atoms with Gasteiger partial charge in [0.05, 0.1) is 26.3 Å². The maximum Gasteiger partial charge on any atom is 0.229 e. The van der Waals surface area contributed by atoms with Crippen molar-refractivity contribution in [2.24, 2.45) is 0 Å². The molecule has 0 bridgehead atoms. The van der Waals surface area contributed by atoms with Crippen molar-refractivity contribution in [1.29, 1.82) is 0 Å². The molecule has 0 saturated carbocycles. The third kappa shape index (κ3) is 2.88. The highest BCUT2D eigenvalue weighted by atomic mass is 16.5. The molecule has 3 aromatic rings. The first kappa shape index (κ1) is 15.7. The predicted octanol–water partition coefficient (Wildman–Crippen LogP) is 3.77. The third-order valence-electron chi connectivity index (χ3n) is 4.76. The van der Waals surface area contributed by atoms with E-state index in [1.807, 2.05) is 0 Å². The van der Waals surface area contributed by atoms with Gasteiger partial charge in [0.1, 0.15) is 0 Å². The van der Waals surface area contributed by atoms with E-state index in [1.54, 1.807) is 20.3 Å². The first-order valence-corrected chi connectivity index (χ1v) is 8.52. The molecule has 6 heteroatoms. The maximum atomic E-state index is 5.24. The highest BCUT2D eigenvalue weighted by Gasteiger charge is 2.25. The van der Waals surface area contributed by atoms with Crippen molar-refractivity contribution < 1.29 is 9.47 Å². The average molecular weight is 338 g/mol. The SMILES string of the molecule is COc1cc(OC)nc(NC2CCCc3c2[nH]c2ccc(C)cc32)n1. The molecule has 1 unspecified atom stereocenters. The lowest BCUT2D eigenvalue weighted by molar-refractivity contribution is 0.372. The third-order valence-corrected chi connectivity index (χ3v) is 4.76. The molecule has 0 amide bonds. The highest BCUT2D eigenvalue weighted by Crippen LogP contribution is 2.36. The second kappa shape index (κ2) is 6.27. The fourth-order valence-electron chi connectivity index (χ4n) is 3.55. The summed E-state index contributed by atoms with van der Waals surface area (Å²) in [6, 6.07) is 8.38. The molecule has 6 nitrogen and oxygen atoms in total. The number of aryl methyl sites for hydroxylation is 2. The van der Waals surface area contributed by atoms with Gasteiger partial charge in [-0.1, -0.05) is 11.6 Å². The first-order chi connectivity index (χ1) is 12.2. The summed E-state index contributed by atoms with van der Waals surface area (Å²) >= 11 is 0. The summed E-state index contributed by atoms with van der Waals surface area (Å²) in [5.74, 6) is 1.49. The fraction of sp³-hybridized carbons (Fsp3) is 0.368. The topological polar surface area (TPSA) is 72.1 Å². The van der Waals surface area contributed by atoms with Crippen LogP contribution in [-0.4, -0.2) is 29.2 Å². The van der Waals surface area contributed by atoms with Gasteiger partial charge in [0, 0.05) is 16.6 Å². The van der Waals surface area contributed by atoms with E-state index in [0.717, 1.165) is 19.3 Å². The van der Waals surface area contributed by atoms with Crippen LogP contribution in [0.4, 0.5) is 5.95 Å². The zero-order chi connectivity index (χ0) is 17.4. The molecule has 4 rings (SSSR count). The van der Waals surface area contributed by atoms with Gasteiger partial charge in [0.2, 0.25) is 17.7 Å². The number of rotatable bonds is 4. The Morgan fingerprint density at radius 1 is 1.12 bits per heavy atom. The van der Waals surface area contributed by atoms with Gasteiger partial charge in [-0.25, -0.2) is 0 Å². The minimum atomic E-state index is 0.147. The molecule has 0 spiro atoms. The summed E-state index contributed by atoms with van der Waals surface area (Å²) in [6.45, 7) is 2.13. The van der Waals surface area contributed by atoms with Crippen molar-refractivity contribution >= 4 is 16.9 Å². The number of methoxy groups -OCH3 is 2. The Bertz CT molecular complexity index is 897. The van der Waals surface area contributed by atoms with Gasteiger partial charge in [-0.3, -0.25) is 0 Å². The van der Waals surface area contributed by atoms with Gasteiger partial charge in [-0.2, -0.15) is 9.97 Å². The second-order valence-corrected chi connectivity index (χ2v) is 6.43. The number of fused-ring (bicyclic) bond motifs is 3. The van der Waals surface area contributed by atoms with Crippen molar-refractivity contribution in [3.8, 4) is 11.8 Å². The van der Waals surface area contributed by atoms with E-state index in [0.29, 0.717) is 17.7 Å². The molecular formula is C19H22N4O2. The standard InChI is InChI=1S/C19H22N4O2/c1-11-7-8-14-13(9-11)12-5-4-6-15(18(12)20-14)21-19-22-16(24-2)10-17(23-19)25-3/h7-10,15,20H,4-6H2,1-3H3,(H,21,22,23). The van der Waals surface area contributed by atoms with E-state index in [2.05, 4.69) is 45.4 Å². The predicted molar refractivity (Wildman–Crippen MR) is 97.5 cm³/mol. The molecular weight excluding hydrogens is 316 g/mol. The number of nitrogens with zero attached hydrogens (tertiary/aromatic N) is 2. The van der Waals surface area contributed by atoms with Crippen LogP contribution in [0.15, 0.2) is 24.3 Å². The first-order valence-electron chi connectivity index (χ1n) is 8.52. The molecule has 1 aliphatic rings. The molecule has 0 aliphatic heterocycles. The van der Waals surface area contributed by atoms with Gasteiger partial charge in [-0.05, 0) is 43.9 Å². The van der Waals surface area contributed by atoms with Crippen LogP contribution in [0.2, 0.25) is 0 Å². The van der Waals surface area contributed by atoms with Crippen molar-refractivity contribution in [2.75, 3.05) is 19.5 Å².